The summed E-state index contributed by atoms with van der Waals surface area (Å²) >= 11 is 0. The standard InChI is InChI=1S/C24H23N5O/c1-15(2)17-9-11-19(12-10-17)27-24-26-16(3)14-21(29-24)23(30)28-20-8-4-6-18-7-5-13-25-22(18)20/h4-15H,1-3H3,(H,28,30)(H,26,27,29). The van der Waals surface area contributed by atoms with Crippen molar-refractivity contribution in [3.8, 4) is 0 Å². The van der Waals surface area contributed by atoms with E-state index in [1.165, 1.54) is 5.56 Å². The zero-order valence-corrected chi connectivity index (χ0v) is 17.2. The number of carbonyl (C=O) groups is 1. The molecule has 2 aromatic heterocycles. The number of nitrogens with zero attached hydrogens (tertiary/aromatic N) is 3. The van der Waals surface area contributed by atoms with Gasteiger partial charge in [0.2, 0.25) is 5.95 Å². The fraction of sp³-hybridized carbons (Fsp3) is 0.167. The Morgan fingerprint density at radius 3 is 2.50 bits per heavy atom. The van der Waals surface area contributed by atoms with Crippen molar-refractivity contribution in [1.29, 1.82) is 0 Å². The maximum atomic E-state index is 12.9. The van der Waals surface area contributed by atoms with E-state index in [1.54, 1.807) is 12.3 Å². The summed E-state index contributed by atoms with van der Waals surface area (Å²) in [6.45, 7) is 6.15. The van der Waals surface area contributed by atoms with Crippen LogP contribution in [0, 0.1) is 6.92 Å². The maximum Gasteiger partial charge on any atom is 0.274 e. The zero-order valence-electron chi connectivity index (χ0n) is 17.2. The Morgan fingerprint density at radius 1 is 0.967 bits per heavy atom. The van der Waals surface area contributed by atoms with Crippen molar-refractivity contribution < 1.29 is 4.79 Å². The molecule has 0 fully saturated rings. The van der Waals surface area contributed by atoms with Gasteiger partial charge < -0.3 is 10.6 Å². The van der Waals surface area contributed by atoms with Crippen molar-refractivity contribution in [3.05, 3.63) is 83.8 Å². The first-order valence-corrected chi connectivity index (χ1v) is 9.87. The van der Waals surface area contributed by atoms with Gasteiger partial charge in [-0.3, -0.25) is 9.78 Å². The average Bonchev–Trinajstić information content (AvgIpc) is 2.74. The third-order valence-electron chi connectivity index (χ3n) is 4.80. The fourth-order valence-electron chi connectivity index (χ4n) is 3.21. The average molecular weight is 397 g/mol. The Kier molecular flexibility index (Phi) is 5.39. The summed E-state index contributed by atoms with van der Waals surface area (Å²) in [6, 6.07) is 19.3. The van der Waals surface area contributed by atoms with Gasteiger partial charge in [0, 0.05) is 23.0 Å². The van der Waals surface area contributed by atoms with Crippen molar-refractivity contribution in [3.63, 3.8) is 0 Å². The summed E-state index contributed by atoms with van der Waals surface area (Å²) in [4.78, 5) is 26.1. The lowest BCUT2D eigenvalue weighted by Crippen LogP contribution is -2.16. The first-order chi connectivity index (χ1) is 14.5. The Hall–Kier alpha value is -3.80. The molecule has 2 N–H and O–H groups in total. The minimum atomic E-state index is -0.308. The molecule has 4 rings (SSSR count). The number of para-hydroxylation sites is 1. The van der Waals surface area contributed by atoms with Crippen molar-refractivity contribution in [2.75, 3.05) is 10.6 Å². The molecule has 30 heavy (non-hydrogen) atoms. The molecule has 0 saturated heterocycles. The highest BCUT2D eigenvalue weighted by Gasteiger charge is 2.13. The van der Waals surface area contributed by atoms with Gasteiger partial charge in [-0.1, -0.05) is 44.2 Å². The number of fused-ring (bicyclic) bond motifs is 1. The number of pyridine rings is 1. The van der Waals surface area contributed by atoms with E-state index in [9.17, 15) is 4.79 Å². The molecule has 0 bridgehead atoms. The third kappa shape index (κ3) is 4.27. The van der Waals surface area contributed by atoms with Gasteiger partial charge in [0.15, 0.2) is 0 Å². The molecular weight excluding hydrogens is 374 g/mol. The zero-order chi connectivity index (χ0) is 21.1. The topological polar surface area (TPSA) is 79.8 Å². The van der Waals surface area contributed by atoms with Crippen LogP contribution in [0.1, 0.15) is 41.5 Å². The molecule has 0 spiro atoms. The Labute approximate surface area is 175 Å². The highest BCUT2D eigenvalue weighted by atomic mass is 16.1. The van der Waals surface area contributed by atoms with Crippen molar-refractivity contribution >= 4 is 34.1 Å². The number of carbonyl (C=O) groups excluding carboxylic acids is 1. The molecule has 0 saturated carbocycles. The molecule has 0 aliphatic heterocycles. The minimum Gasteiger partial charge on any atom is -0.324 e. The van der Waals surface area contributed by atoms with Gasteiger partial charge in [0.25, 0.3) is 5.91 Å². The van der Waals surface area contributed by atoms with Crippen molar-refractivity contribution in [1.82, 2.24) is 15.0 Å². The second-order valence-electron chi connectivity index (χ2n) is 7.45. The van der Waals surface area contributed by atoms with E-state index in [0.29, 0.717) is 23.2 Å². The highest BCUT2D eigenvalue weighted by Crippen LogP contribution is 2.22. The van der Waals surface area contributed by atoms with Gasteiger partial charge in [0.05, 0.1) is 11.2 Å². The third-order valence-corrected chi connectivity index (χ3v) is 4.80. The molecule has 6 heteroatoms. The first kappa shape index (κ1) is 19.5. The fourth-order valence-corrected chi connectivity index (χ4v) is 3.21. The molecular formula is C24H23N5O. The lowest BCUT2D eigenvalue weighted by molar-refractivity contribution is 0.102. The predicted octanol–water partition coefficient (Wildman–Crippen LogP) is 5.45. The van der Waals surface area contributed by atoms with Crippen LogP contribution in [-0.4, -0.2) is 20.9 Å². The normalized spacial score (nSPS) is 10.9. The van der Waals surface area contributed by atoms with Crippen LogP contribution in [-0.2, 0) is 0 Å². The van der Waals surface area contributed by atoms with Gasteiger partial charge in [-0.05, 0) is 48.7 Å². The van der Waals surface area contributed by atoms with E-state index in [0.717, 1.165) is 16.6 Å². The Balaban J connectivity index is 1.57. The monoisotopic (exact) mass is 397 g/mol. The van der Waals surface area contributed by atoms with Crippen LogP contribution in [0.5, 0.6) is 0 Å². The SMILES string of the molecule is Cc1cc(C(=O)Nc2cccc3cccnc23)nc(Nc2ccc(C(C)C)cc2)n1. The minimum absolute atomic E-state index is 0.289. The van der Waals surface area contributed by atoms with E-state index < -0.39 is 0 Å². The van der Waals surface area contributed by atoms with Crippen molar-refractivity contribution in [2.24, 2.45) is 0 Å². The van der Waals surface area contributed by atoms with Crippen LogP contribution < -0.4 is 10.6 Å². The van der Waals surface area contributed by atoms with Gasteiger partial charge in [-0.15, -0.1) is 0 Å². The molecule has 6 nitrogen and oxygen atoms in total. The summed E-state index contributed by atoms with van der Waals surface area (Å²) in [6.07, 6.45) is 1.71. The number of nitrogens with one attached hydrogen (secondary N) is 2. The maximum absolute atomic E-state index is 12.9. The molecule has 4 aromatic rings. The lowest BCUT2D eigenvalue weighted by atomic mass is 10.0. The quantitative estimate of drug-likeness (QED) is 0.468. The number of rotatable bonds is 5. The summed E-state index contributed by atoms with van der Waals surface area (Å²) in [5, 5.41) is 7.06. The number of aromatic nitrogens is 3. The Bertz CT molecular complexity index is 1200. The molecule has 150 valence electrons. The van der Waals surface area contributed by atoms with Gasteiger partial charge in [0.1, 0.15) is 5.69 Å². The van der Waals surface area contributed by atoms with Gasteiger partial charge >= 0.3 is 0 Å². The number of benzene rings is 2. The van der Waals surface area contributed by atoms with E-state index in [1.807, 2.05) is 49.4 Å². The molecule has 1 amide bonds. The number of hydrogen-bond acceptors (Lipinski definition) is 5. The molecule has 0 aliphatic rings. The highest BCUT2D eigenvalue weighted by molar-refractivity contribution is 6.07. The van der Waals surface area contributed by atoms with Crippen LogP contribution in [0.4, 0.5) is 17.3 Å². The molecule has 0 unspecified atom stereocenters. The summed E-state index contributed by atoms with van der Waals surface area (Å²) in [7, 11) is 0. The molecule has 0 radical (unpaired) electrons. The molecule has 2 aromatic carbocycles. The summed E-state index contributed by atoms with van der Waals surface area (Å²) < 4.78 is 0. The first-order valence-electron chi connectivity index (χ1n) is 9.87. The number of amides is 1. The van der Waals surface area contributed by atoms with Gasteiger partial charge in [-0.25, -0.2) is 9.97 Å². The molecule has 0 atom stereocenters. The second kappa shape index (κ2) is 8.29. The number of hydrogen-bond donors (Lipinski definition) is 2. The molecule has 0 aliphatic carbocycles. The van der Waals surface area contributed by atoms with Crippen LogP contribution in [0.3, 0.4) is 0 Å². The summed E-state index contributed by atoms with van der Waals surface area (Å²) in [5.41, 5.74) is 4.50. The number of aryl methyl sites for hydroxylation is 1. The summed E-state index contributed by atoms with van der Waals surface area (Å²) in [5.74, 6) is 0.540. The van der Waals surface area contributed by atoms with Crippen LogP contribution >= 0.6 is 0 Å². The van der Waals surface area contributed by atoms with Crippen LogP contribution in [0.25, 0.3) is 10.9 Å². The van der Waals surface area contributed by atoms with E-state index in [2.05, 4.69) is 51.6 Å². The second-order valence-corrected chi connectivity index (χ2v) is 7.45. The van der Waals surface area contributed by atoms with E-state index in [-0.39, 0.29) is 11.6 Å². The lowest BCUT2D eigenvalue weighted by Gasteiger charge is -2.11. The van der Waals surface area contributed by atoms with Gasteiger partial charge in [-0.2, -0.15) is 0 Å². The van der Waals surface area contributed by atoms with E-state index in [4.69, 9.17) is 0 Å². The Morgan fingerprint density at radius 2 is 1.73 bits per heavy atom. The largest absolute Gasteiger partial charge is 0.324 e. The van der Waals surface area contributed by atoms with E-state index >= 15 is 0 Å². The van der Waals surface area contributed by atoms with Crippen molar-refractivity contribution in [2.45, 2.75) is 26.7 Å². The smallest absolute Gasteiger partial charge is 0.274 e. The molecule has 2 heterocycles. The van der Waals surface area contributed by atoms with Crippen LogP contribution in [0.2, 0.25) is 0 Å². The predicted molar refractivity (Wildman–Crippen MR) is 120 cm³/mol. The number of anilines is 3. The van der Waals surface area contributed by atoms with Crippen LogP contribution in [0.15, 0.2) is 66.9 Å².